The van der Waals surface area contributed by atoms with Gasteiger partial charge in [0.25, 0.3) is 5.91 Å². The standard InChI is InChI=1S/C20H20ClFN4O3/c1-29-10-9-25-17-3-2-7-23-18(17)26(20(25)28)14-6-8-24(12-14)19(27)13-4-5-16(22)15(21)11-13/h2-5,7,11,14H,6,8-10,12H2,1H3/t14-/m1/s1. The van der Waals surface area contributed by atoms with E-state index in [0.717, 1.165) is 5.52 Å². The molecule has 4 rings (SSSR count). The van der Waals surface area contributed by atoms with Gasteiger partial charge in [-0.2, -0.15) is 0 Å². The van der Waals surface area contributed by atoms with Gasteiger partial charge < -0.3 is 9.64 Å². The molecule has 2 aromatic heterocycles. The van der Waals surface area contributed by atoms with Crippen LogP contribution in [0.15, 0.2) is 41.3 Å². The number of hydrogen-bond donors (Lipinski definition) is 0. The Bertz CT molecular complexity index is 1130. The summed E-state index contributed by atoms with van der Waals surface area (Å²) < 4.78 is 21.8. The lowest BCUT2D eigenvalue weighted by atomic mass is 10.2. The number of amides is 1. The van der Waals surface area contributed by atoms with Crippen LogP contribution < -0.4 is 5.69 Å². The lowest BCUT2D eigenvalue weighted by Crippen LogP contribution is -2.32. The number of nitrogens with zero attached hydrogens (tertiary/aromatic N) is 4. The Labute approximate surface area is 171 Å². The predicted molar refractivity (Wildman–Crippen MR) is 107 cm³/mol. The number of pyridine rings is 1. The van der Waals surface area contributed by atoms with Crippen molar-refractivity contribution in [3.05, 3.63) is 63.4 Å². The van der Waals surface area contributed by atoms with E-state index in [1.807, 2.05) is 6.07 Å². The van der Waals surface area contributed by atoms with Crippen LogP contribution in [0.5, 0.6) is 0 Å². The zero-order valence-electron chi connectivity index (χ0n) is 15.8. The zero-order chi connectivity index (χ0) is 20.5. The maximum atomic E-state index is 13.4. The molecule has 0 radical (unpaired) electrons. The summed E-state index contributed by atoms with van der Waals surface area (Å²) in [5.41, 5.74) is 1.49. The van der Waals surface area contributed by atoms with Crippen LogP contribution in [0, 0.1) is 5.82 Å². The first-order valence-electron chi connectivity index (χ1n) is 9.30. The van der Waals surface area contributed by atoms with Gasteiger partial charge in [0.15, 0.2) is 5.65 Å². The summed E-state index contributed by atoms with van der Waals surface area (Å²) in [5, 5.41) is -0.0896. The van der Waals surface area contributed by atoms with E-state index in [9.17, 15) is 14.0 Å². The van der Waals surface area contributed by atoms with Gasteiger partial charge in [-0.3, -0.25) is 13.9 Å². The third kappa shape index (κ3) is 3.54. The summed E-state index contributed by atoms with van der Waals surface area (Å²) >= 11 is 5.81. The SMILES string of the molecule is COCCn1c(=O)n([C@@H]2CCN(C(=O)c3ccc(F)c(Cl)c3)C2)c2ncccc21. The van der Waals surface area contributed by atoms with Gasteiger partial charge in [-0.15, -0.1) is 0 Å². The number of carbonyl (C=O) groups is 1. The molecule has 29 heavy (non-hydrogen) atoms. The minimum absolute atomic E-state index is 0.0896. The fraction of sp³-hybridized carbons (Fsp3) is 0.350. The molecule has 1 aliphatic heterocycles. The molecule has 0 N–H and O–H groups in total. The molecule has 152 valence electrons. The number of likely N-dealkylation sites (tertiary alicyclic amines) is 1. The van der Waals surface area contributed by atoms with Crippen LogP contribution in [-0.4, -0.2) is 51.7 Å². The molecular weight excluding hydrogens is 399 g/mol. The summed E-state index contributed by atoms with van der Waals surface area (Å²) in [6.45, 7) is 1.69. The van der Waals surface area contributed by atoms with Gasteiger partial charge in [-0.1, -0.05) is 11.6 Å². The quantitative estimate of drug-likeness (QED) is 0.639. The highest BCUT2D eigenvalue weighted by molar-refractivity contribution is 6.31. The Morgan fingerprint density at radius 3 is 2.97 bits per heavy atom. The van der Waals surface area contributed by atoms with Crippen LogP contribution in [0.4, 0.5) is 4.39 Å². The summed E-state index contributed by atoms with van der Waals surface area (Å²) in [5.74, 6) is -0.803. The van der Waals surface area contributed by atoms with Crippen molar-refractivity contribution in [2.24, 2.45) is 0 Å². The Balaban J connectivity index is 1.63. The highest BCUT2D eigenvalue weighted by atomic mass is 35.5. The molecule has 9 heteroatoms. The molecule has 0 unspecified atom stereocenters. The Morgan fingerprint density at radius 2 is 2.21 bits per heavy atom. The van der Waals surface area contributed by atoms with Crippen LogP contribution >= 0.6 is 11.6 Å². The second-order valence-electron chi connectivity index (χ2n) is 6.97. The molecule has 0 bridgehead atoms. The summed E-state index contributed by atoms with van der Waals surface area (Å²) in [4.78, 5) is 31.9. The second kappa shape index (κ2) is 7.96. The number of hydrogen-bond acceptors (Lipinski definition) is 4. The summed E-state index contributed by atoms with van der Waals surface area (Å²) in [6.07, 6.45) is 2.28. The van der Waals surface area contributed by atoms with Crippen LogP contribution in [-0.2, 0) is 11.3 Å². The maximum Gasteiger partial charge on any atom is 0.330 e. The van der Waals surface area contributed by atoms with E-state index < -0.39 is 5.82 Å². The fourth-order valence-corrected chi connectivity index (χ4v) is 3.97. The molecule has 1 fully saturated rings. The number of aromatic nitrogens is 3. The molecule has 3 aromatic rings. The zero-order valence-corrected chi connectivity index (χ0v) is 16.6. The number of imidazole rings is 1. The van der Waals surface area contributed by atoms with Crippen molar-refractivity contribution in [1.29, 1.82) is 0 Å². The van der Waals surface area contributed by atoms with Gasteiger partial charge in [0.05, 0.1) is 29.7 Å². The fourth-order valence-electron chi connectivity index (χ4n) is 3.79. The molecule has 1 aromatic carbocycles. The molecule has 0 saturated carbocycles. The molecule has 1 atom stereocenters. The number of rotatable bonds is 5. The van der Waals surface area contributed by atoms with Crippen molar-refractivity contribution in [3.63, 3.8) is 0 Å². The van der Waals surface area contributed by atoms with Crippen LogP contribution in [0.2, 0.25) is 5.02 Å². The monoisotopic (exact) mass is 418 g/mol. The number of benzene rings is 1. The first-order chi connectivity index (χ1) is 14.0. The van der Waals surface area contributed by atoms with Gasteiger partial charge >= 0.3 is 5.69 Å². The van der Waals surface area contributed by atoms with E-state index in [4.69, 9.17) is 16.3 Å². The molecule has 1 amide bonds. The van der Waals surface area contributed by atoms with Gasteiger partial charge in [-0.25, -0.2) is 14.2 Å². The van der Waals surface area contributed by atoms with E-state index in [-0.39, 0.29) is 22.7 Å². The Kier molecular flexibility index (Phi) is 5.38. The number of methoxy groups -OCH3 is 1. The van der Waals surface area contributed by atoms with Gasteiger partial charge in [-0.05, 0) is 36.8 Å². The number of carbonyl (C=O) groups excluding carboxylic acids is 1. The van der Waals surface area contributed by atoms with Crippen LogP contribution in [0.1, 0.15) is 22.8 Å². The molecule has 0 spiro atoms. The van der Waals surface area contributed by atoms with Gasteiger partial charge in [0.1, 0.15) is 5.82 Å². The molecule has 1 saturated heterocycles. The van der Waals surface area contributed by atoms with Crippen molar-refractivity contribution in [2.75, 3.05) is 26.8 Å². The van der Waals surface area contributed by atoms with Gasteiger partial charge in [0, 0.05) is 32.0 Å². The predicted octanol–water partition coefficient (Wildman–Crippen LogP) is 2.72. The normalized spacial score (nSPS) is 16.7. The van der Waals surface area contributed by atoms with Crippen molar-refractivity contribution in [1.82, 2.24) is 19.0 Å². The average Bonchev–Trinajstić information content (AvgIpc) is 3.30. The molecule has 1 aliphatic rings. The van der Waals surface area contributed by atoms with Crippen molar-refractivity contribution in [2.45, 2.75) is 19.0 Å². The van der Waals surface area contributed by atoms with Gasteiger partial charge in [0.2, 0.25) is 0 Å². The number of ether oxygens (including phenoxy) is 1. The third-order valence-corrected chi connectivity index (χ3v) is 5.51. The molecule has 7 nitrogen and oxygen atoms in total. The Morgan fingerprint density at radius 1 is 1.38 bits per heavy atom. The minimum atomic E-state index is -0.566. The van der Waals surface area contributed by atoms with E-state index >= 15 is 0 Å². The van der Waals surface area contributed by atoms with E-state index in [1.54, 1.807) is 33.4 Å². The lowest BCUT2D eigenvalue weighted by molar-refractivity contribution is 0.0787. The minimum Gasteiger partial charge on any atom is -0.383 e. The molecule has 0 aliphatic carbocycles. The maximum absolute atomic E-state index is 13.4. The highest BCUT2D eigenvalue weighted by Gasteiger charge is 2.31. The molecular formula is C20H20ClFN4O3. The lowest BCUT2D eigenvalue weighted by Gasteiger charge is -2.17. The van der Waals surface area contributed by atoms with E-state index in [2.05, 4.69) is 4.98 Å². The van der Waals surface area contributed by atoms with Crippen molar-refractivity contribution < 1.29 is 13.9 Å². The molecule has 3 heterocycles. The van der Waals surface area contributed by atoms with E-state index in [1.165, 1.54) is 18.2 Å². The Hall–Kier alpha value is -2.71. The largest absolute Gasteiger partial charge is 0.383 e. The number of halogens is 2. The number of fused-ring (bicyclic) bond motifs is 1. The first kappa shape index (κ1) is 19.6. The van der Waals surface area contributed by atoms with Crippen molar-refractivity contribution >= 4 is 28.7 Å². The smallest absolute Gasteiger partial charge is 0.330 e. The van der Waals surface area contributed by atoms with Crippen molar-refractivity contribution in [3.8, 4) is 0 Å². The highest BCUT2D eigenvalue weighted by Crippen LogP contribution is 2.26. The topological polar surface area (TPSA) is 69.4 Å². The third-order valence-electron chi connectivity index (χ3n) is 5.22. The summed E-state index contributed by atoms with van der Waals surface area (Å²) in [6, 6.07) is 7.38. The first-order valence-corrected chi connectivity index (χ1v) is 9.68. The summed E-state index contributed by atoms with van der Waals surface area (Å²) in [7, 11) is 1.59. The van der Waals surface area contributed by atoms with E-state index in [0.29, 0.717) is 43.9 Å². The average molecular weight is 419 g/mol. The second-order valence-corrected chi connectivity index (χ2v) is 7.37. The van der Waals surface area contributed by atoms with Crippen LogP contribution in [0.3, 0.4) is 0 Å². The van der Waals surface area contributed by atoms with Crippen LogP contribution in [0.25, 0.3) is 11.2 Å².